The maximum atomic E-state index is 13.0. The Morgan fingerprint density at radius 3 is 2.97 bits per heavy atom. The van der Waals surface area contributed by atoms with E-state index in [-0.39, 0.29) is 17.9 Å². The summed E-state index contributed by atoms with van der Waals surface area (Å²) in [6.45, 7) is 7.38. The molecule has 1 aromatic heterocycles. The molecule has 7 nitrogen and oxygen atoms in total. The van der Waals surface area contributed by atoms with Gasteiger partial charge in [-0.15, -0.1) is 0 Å². The van der Waals surface area contributed by atoms with Crippen LogP contribution in [0.4, 0.5) is 9.18 Å². The first kappa shape index (κ1) is 20.8. The molecule has 30 heavy (non-hydrogen) atoms. The fourth-order valence-electron chi connectivity index (χ4n) is 4.32. The van der Waals surface area contributed by atoms with Gasteiger partial charge in [0.25, 0.3) is 0 Å². The molecule has 8 heteroatoms. The van der Waals surface area contributed by atoms with Gasteiger partial charge in [-0.05, 0) is 44.0 Å². The second kappa shape index (κ2) is 9.57. The molecule has 2 aromatic rings. The first-order valence-corrected chi connectivity index (χ1v) is 10.8. The van der Waals surface area contributed by atoms with Crippen molar-refractivity contribution in [2.45, 2.75) is 58.5 Å². The third-order valence-electron chi connectivity index (χ3n) is 5.86. The van der Waals surface area contributed by atoms with Gasteiger partial charge in [-0.3, -0.25) is 9.58 Å². The molecule has 2 amide bonds. The molecule has 3 heterocycles. The zero-order valence-electron chi connectivity index (χ0n) is 17.5. The van der Waals surface area contributed by atoms with E-state index in [4.69, 9.17) is 9.84 Å². The highest BCUT2D eigenvalue weighted by Gasteiger charge is 2.26. The minimum Gasteiger partial charge on any atom is -0.376 e. The SMILES string of the molecule is CCn1nc(CN2CCCC(NC(=O)NCc3ccc(F)cc3)C2)c2c1CCOC2. The second-order valence-corrected chi connectivity index (χ2v) is 8.02. The number of carbonyl (C=O) groups excluding carboxylic acids is 1. The van der Waals surface area contributed by atoms with E-state index in [2.05, 4.69) is 27.1 Å². The van der Waals surface area contributed by atoms with E-state index < -0.39 is 0 Å². The normalized spacial score (nSPS) is 19.3. The summed E-state index contributed by atoms with van der Waals surface area (Å²) < 4.78 is 20.8. The summed E-state index contributed by atoms with van der Waals surface area (Å²) in [5, 5.41) is 10.8. The number of hydrogen-bond donors (Lipinski definition) is 2. The highest BCUT2D eigenvalue weighted by atomic mass is 19.1. The minimum absolute atomic E-state index is 0.104. The van der Waals surface area contributed by atoms with E-state index >= 15 is 0 Å². The molecule has 1 atom stereocenters. The van der Waals surface area contributed by atoms with Crippen LogP contribution in [0, 0.1) is 5.82 Å². The third kappa shape index (κ3) is 4.99. The molecule has 2 N–H and O–H groups in total. The highest BCUT2D eigenvalue weighted by Crippen LogP contribution is 2.23. The second-order valence-electron chi connectivity index (χ2n) is 8.02. The number of aryl methyl sites for hydroxylation is 1. The van der Waals surface area contributed by atoms with E-state index in [0.717, 1.165) is 63.3 Å². The van der Waals surface area contributed by atoms with Gasteiger partial charge in [0.1, 0.15) is 5.82 Å². The van der Waals surface area contributed by atoms with Crippen molar-refractivity contribution in [1.29, 1.82) is 0 Å². The molecule has 0 saturated carbocycles. The van der Waals surface area contributed by atoms with Crippen LogP contribution in [-0.4, -0.2) is 46.4 Å². The van der Waals surface area contributed by atoms with E-state index in [1.54, 1.807) is 12.1 Å². The maximum absolute atomic E-state index is 13.0. The first-order chi connectivity index (χ1) is 14.6. The summed E-state index contributed by atoms with van der Waals surface area (Å²) in [7, 11) is 0. The van der Waals surface area contributed by atoms with E-state index in [1.165, 1.54) is 23.4 Å². The molecule has 2 aliphatic rings. The number of fused-ring (bicyclic) bond motifs is 1. The third-order valence-corrected chi connectivity index (χ3v) is 5.86. The maximum Gasteiger partial charge on any atom is 0.315 e. The average molecular weight is 416 g/mol. The van der Waals surface area contributed by atoms with Gasteiger partial charge < -0.3 is 15.4 Å². The zero-order valence-corrected chi connectivity index (χ0v) is 17.5. The molecular formula is C22H30FN5O2. The molecule has 0 spiro atoms. The van der Waals surface area contributed by atoms with Crippen LogP contribution in [0.25, 0.3) is 0 Å². The van der Waals surface area contributed by atoms with Crippen molar-refractivity contribution < 1.29 is 13.9 Å². The van der Waals surface area contributed by atoms with Crippen molar-refractivity contribution in [3.8, 4) is 0 Å². The Morgan fingerprint density at radius 2 is 2.17 bits per heavy atom. The molecular weight excluding hydrogens is 385 g/mol. The monoisotopic (exact) mass is 415 g/mol. The van der Waals surface area contributed by atoms with E-state index in [9.17, 15) is 9.18 Å². The summed E-state index contributed by atoms with van der Waals surface area (Å²) in [5.74, 6) is -0.276. The Kier molecular flexibility index (Phi) is 6.64. The Labute approximate surface area is 176 Å². The average Bonchev–Trinajstić information content (AvgIpc) is 3.11. The predicted molar refractivity (Wildman–Crippen MR) is 111 cm³/mol. The zero-order chi connectivity index (χ0) is 20.9. The topological polar surface area (TPSA) is 71.4 Å². The Hall–Kier alpha value is -2.45. The van der Waals surface area contributed by atoms with Crippen LogP contribution in [0.15, 0.2) is 24.3 Å². The Bertz CT molecular complexity index is 867. The number of amides is 2. The molecule has 162 valence electrons. The number of likely N-dealkylation sites (tertiary alicyclic amines) is 1. The number of hydrogen-bond acceptors (Lipinski definition) is 4. The number of urea groups is 1. The van der Waals surface area contributed by atoms with Crippen molar-refractivity contribution in [2.75, 3.05) is 19.7 Å². The number of rotatable bonds is 6. The summed E-state index contributed by atoms with van der Waals surface area (Å²) in [6, 6.07) is 6.07. The van der Waals surface area contributed by atoms with Crippen LogP contribution in [0.3, 0.4) is 0 Å². The van der Waals surface area contributed by atoms with Crippen molar-refractivity contribution in [3.63, 3.8) is 0 Å². The van der Waals surface area contributed by atoms with Crippen molar-refractivity contribution in [3.05, 3.63) is 52.6 Å². The van der Waals surface area contributed by atoms with Gasteiger partial charge in [0.05, 0.1) is 18.9 Å². The number of piperidine rings is 1. The quantitative estimate of drug-likeness (QED) is 0.761. The van der Waals surface area contributed by atoms with Crippen LogP contribution in [0.5, 0.6) is 0 Å². The van der Waals surface area contributed by atoms with Crippen LogP contribution in [0.1, 0.15) is 42.3 Å². The molecule has 0 aliphatic carbocycles. The van der Waals surface area contributed by atoms with Gasteiger partial charge in [-0.25, -0.2) is 9.18 Å². The van der Waals surface area contributed by atoms with Crippen molar-refractivity contribution >= 4 is 6.03 Å². The number of nitrogens with zero attached hydrogens (tertiary/aromatic N) is 3. The van der Waals surface area contributed by atoms with Crippen LogP contribution in [0.2, 0.25) is 0 Å². The Balaban J connectivity index is 1.30. The summed E-state index contributed by atoms with van der Waals surface area (Å²) >= 11 is 0. The van der Waals surface area contributed by atoms with Crippen LogP contribution >= 0.6 is 0 Å². The van der Waals surface area contributed by atoms with Gasteiger partial charge in [0.15, 0.2) is 0 Å². The lowest BCUT2D eigenvalue weighted by Gasteiger charge is -2.33. The number of benzene rings is 1. The lowest BCUT2D eigenvalue weighted by Crippen LogP contribution is -2.50. The molecule has 0 bridgehead atoms. The largest absolute Gasteiger partial charge is 0.376 e. The minimum atomic E-state index is -0.276. The van der Waals surface area contributed by atoms with Crippen molar-refractivity contribution in [1.82, 2.24) is 25.3 Å². The fourth-order valence-corrected chi connectivity index (χ4v) is 4.32. The molecule has 1 unspecified atom stereocenters. The number of ether oxygens (including phenoxy) is 1. The van der Waals surface area contributed by atoms with E-state index in [0.29, 0.717) is 13.2 Å². The highest BCUT2D eigenvalue weighted by molar-refractivity contribution is 5.74. The smallest absolute Gasteiger partial charge is 0.315 e. The molecule has 1 fully saturated rings. The van der Waals surface area contributed by atoms with Gasteiger partial charge in [-0.1, -0.05) is 12.1 Å². The standard InChI is InChI=1S/C22H30FN5O2/c1-2-28-21-9-11-30-15-19(21)20(26-28)14-27-10-3-4-18(13-27)25-22(29)24-12-16-5-7-17(23)8-6-16/h5-8,18H,2-4,9-15H2,1H3,(H2,24,25,29). The van der Waals surface area contributed by atoms with Crippen LogP contribution in [-0.2, 0) is 37.4 Å². The van der Waals surface area contributed by atoms with E-state index in [1.807, 2.05) is 0 Å². The number of nitrogens with one attached hydrogen (secondary N) is 2. The molecule has 4 rings (SSSR count). The summed E-state index contributed by atoms with van der Waals surface area (Å²) in [4.78, 5) is 14.7. The summed E-state index contributed by atoms with van der Waals surface area (Å²) in [6.07, 6.45) is 2.93. The predicted octanol–water partition coefficient (Wildman–Crippen LogP) is 2.58. The van der Waals surface area contributed by atoms with Crippen molar-refractivity contribution in [2.24, 2.45) is 0 Å². The van der Waals surface area contributed by atoms with Gasteiger partial charge in [0.2, 0.25) is 0 Å². The van der Waals surface area contributed by atoms with Gasteiger partial charge in [0, 0.05) is 49.9 Å². The molecule has 1 saturated heterocycles. The number of aromatic nitrogens is 2. The molecule has 0 radical (unpaired) electrons. The lowest BCUT2D eigenvalue weighted by molar-refractivity contribution is 0.107. The summed E-state index contributed by atoms with van der Waals surface area (Å²) in [5.41, 5.74) is 4.53. The van der Waals surface area contributed by atoms with Gasteiger partial charge >= 0.3 is 6.03 Å². The molecule has 1 aromatic carbocycles. The van der Waals surface area contributed by atoms with Crippen LogP contribution < -0.4 is 10.6 Å². The molecule has 2 aliphatic heterocycles. The Morgan fingerprint density at radius 1 is 1.33 bits per heavy atom. The fraction of sp³-hybridized carbons (Fsp3) is 0.545. The number of halogens is 1. The van der Waals surface area contributed by atoms with Gasteiger partial charge in [-0.2, -0.15) is 5.10 Å². The lowest BCUT2D eigenvalue weighted by atomic mass is 10.0. The number of carbonyl (C=O) groups is 1. The first-order valence-electron chi connectivity index (χ1n) is 10.8.